The van der Waals surface area contributed by atoms with E-state index < -0.39 is 26.9 Å². The van der Waals surface area contributed by atoms with E-state index in [0.717, 1.165) is 5.56 Å². The number of rotatable bonds is 8. The number of carbonyl (C=O) groups is 1. The zero-order valence-corrected chi connectivity index (χ0v) is 24.8. The van der Waals surface area contributed by atoms with Crippen molar-refractivity contribution in [3.05, 3.63) is 54.6 Å². The van der Waals surface area contributed by atoms with Gasteiger partial charge in [-0.3, -0.25) is 9.88 Å². The van der Waals surface area contributed by atoms with E-state index in [1.807, 2.05) is 54.0 Å². The number of aromatic nitrogens is 4. The van der Waals surface area contributed by atoms with Crippen LogP contribution in [0.15, 0.2) is 49.1 Å². The number of hydrogen-bond donors (Lipinski definition) is 2. The summed E-state index contributed by atoms with van der Waals surface area (Å²) in [7, 11) is -2.03. The van der Waals surface area contributed by atoms with Crippen molar-refractivity contribution in [3.8, 4) is 0 Å². The third kappa shape index (κ3) is 5.81. The predicted molar refractivity (Wildman–Crippen MR) is 154 cm³/mol. The Labute approximate surface area is 235 Å². The van der Waals surface area contributed by atoms with Crippen LogP contribution in [0.5, 0.6) is 0 Å². The van der Waals surface area contributed by atoms with Gasteiger partial charge in [-0.25, -0.2) is 19.7 Å². The number of nitrogens with zero attached hydrogens (tertiary/aromatic N) is 4. The van der Waals surface area contributed by atoms with Gasteiger partial charge in [-0.2, -0.15) is 0 Å². The Morgan fingerprint density at radius 1 is 1.10 bits per heavy atom. The van der Waals surface area contributed by atoms with Crippen LogP contribution in [0.2, 0.25) is 18.1 Å². The molecule has 12 heteroatoms. The van der Waals surface area contributed by atoms with E-state index in [1.54, 1.807) is 6.33 Å². The maximum atomic E-state index is 12.1. The SMILES string of the molecule is CCNC(=O)Nc1ncnc2c1ncn2[C@@H]1O[C@H](CO[Si](C)(C)C(C)(C)C)C2O[C@H](/C=C/c3ccccc3)O[C@@H]21. The standard InChI is InChI=1S/C28H38N6O5Si/c1-7-29-27(35)33-24-21-25(31-16-30-24)34(17-32-21)26-23-22(19(37-26)15-36-40(5,6)28(2,3)4)38-20(39-23)14-13-18-11-9-8-10-12-18/h8-14,16-17,19-20,22-23,26H,7,15H2,1-6H3,(H2,29,30,31,33,35)/b14-13+/t19-,20+,22?,23+,26-/m1/s1. The molecule has 0 bridgehead atoms. The maximum absolute atomic E-state index is 12.1. The third-order valence-corrected chi connectivity index (χ3v) is 12.2. The third-order valence-electron chi connectivity index (χ3n) is 7.73. The topological polar surface area (TPSA) is 122 Å². The lowest BCUT2D eigenvalue weighted by atomic mass is 10.1. The average Bonchev–Trinajstić information content (AvgIpc) is 3.61. The van der Waals surface area contributed by atoms with E-state index in [4.69, 9.17) is 18.6 Å². The van der Waals surface area contributed by atoms with Gasteiger partial charge in [0.2, 0.25) is 0 Å². The van der Waals surface area contributed by atoms with Crippen molar-refractivity contribution < 1.29 is 23.4 Å². The quantitative estimate of drug-likeness (QED) is 0.376. The lowest BCUT2D eigenvalue weighted by Gasteiger charge is -2.37. The van der Waals surface area contributed by atoms with Crippen molar-refractivity contribution in [2.45, 2.75) is 76.7 Å². The van der Waals surface area contributed by atoms with Crippen LogP contribution in [0.4, 0.5) is 10.6 Å². The van der Waals surface area contributed by atoms with Crippen molar-refractivity contribution in [2.75, 3.05) is 18.5 Å². The van der Waals surface area contributed by atoms with Crippen LogP contribution >= 0.6 is 0 Å². The van der Waals surface area contributed by atoms with E-state index in [9.17, 15) is 4.79 Å². The second-order valence-corrected chi connectivity index (χ2v) is 16.3. The Morgan fingerprint density at radius 3 is 2.58 bits per heavy atom. The normalized spacial score (nSPS) is 25.0. The van der Waals surface area contributed by atoms with Gasteiger partial charge in [0.15, 0.2) is 37.8 Å². The first kappa shape index (κ1) is 28.4. The molecule has 5 atom stereocenters. The number of carbonyl (C=O) groups excluding carboxylic acids is 1. The van der Waals surface area contributed by atoms with Gasteiger partial charge in [0, 0.05) is 6.54 Å². The number of urea groups is 1. The molecule has 0 saturated carbocycles. The van der Waals surface area contributed by atoms with Crippen LogP contribution < -0.4 is 10.6 Å². The number of amides is 2. The van der Waals surface area contributed by atoms with E-state index in [0.29, 0.717) is 30.1 Å². The Balaban J connectivity index is 1.41. The number of benzene rings is 1. The molecule has 2 N–H and O–H groups in total. The Bertz CT molecular complexity index is 1360. The fourth-order valence-electron chi connectivity index (χ4n) is 4.51. The molecule has 2 amide bonds. The van der Waals surface area contributed by atoms with Crippen molar-refractivity contribution >= 4 is 37.4 Å². The van der Waals surface area contributed by atoms with Crippen LogP contribution in [0.25, 0.3) is 17.2 Å². The van der Waals surface area contributed by atoms with Gasteiger partial charge in [0.05, 0.1) is 12.9 Å². The monoisotopic (exact) mass is 566 g/mol. The minimum Gasteiger partial charge on any atom is -0.414 e. The minimum atomic E-state index is -2.03. The number of nitrogens with one attached hydrogen (secondary N) is 2. The Hall–Kier alpha value is -3.16. The molecule has 0 radical (unpaired) electrons. The number of fused-ring (bicyclic) bond motifs is 2. The zero-order valence-electron chi connectivity index (χ0n) is 23.8. The van der Waals surface area contributed by atoms with Crippen LogP contribution in [0, 0.1) is 0 Å². The first-order valence-corrected chi connectivity index (χ1v) is 16.5. The van der Waals surface area contributed by atoms with Crippen molar-refractivity contribution in [1.82, 2.24) is 24.8 Å². The summed E-state index contributed by atoms with van der Waals surface area (Å²) in [4.78, 5) is 25.3. The van der Waals surface area contributed by atoms with Gasteiger partial charge in [0.25, 0.3) is 0 Å². The molecular formula is C28H38N6O5Si. The molecule has 3 aromatic rings. The molecule has 11 nitrogen and oxygen atoms in total. The van der Waals surface area contributed by atoms with Crippen LogP contribution in [0.3, 0.4) is 0 Å². The fourth-order valence-corrected chi connectivity index (χ4v) is 5.52. The first-order valence-electron chi connectivity index (χ1n) is 13.6. The van der Waals surface area contributed by atoms with Crippen molar-refractivity contribution in [1.29, 1.82) is 0 Å². The lowest BCUT2D eigenvalue weighted by Crippen LogP contribution is -2.44. The van der Waals surface area contributed by atoms with Gasteiger partial charge < -0.3 is 24.0 Å². The fraction of sp³-hybridized carbons (Fsp3) is 0.500. The second kappa shape index (κ2) is 11.4. The molecule has 40 heavy (non-hydrogen) atoms. The highest BCUT2D eigenvalue weighted by Gasteiger charge is 2.54. The first-order chi connectivity index (χ1) is 19.1. The highest BCUT2D eigenvalue weighted by molar-refractivity contribution is 6.74. The van der Waals surface area contributed by atoms with E-state index in [-0.39, 0.29) is 23.3 Å². The summed E-state index contributed by atoms with van der Waals surface area (Å²) in [5, 5.41) is 5.49. The molecule has 5 rings (SSSR count). The summed E-state index contributed by atoms with van der Waals surface area (Å²) in [6.45, 7) is 13.8. The van der Waals surface area contributed by atoms with E-state index in [2.05, 4.69) is 59.5 Å². The molecular weight excluding hydrogens is 528 g/mol. The lowest BCUT2D eigenvalue weighted by molar-refractivity contribution is -0.132. The summed E-state index contributed by atoms with van der Waals surface area (Å²) < 4.78 is 27.7. The summed E-state index contributed by atoms with van der Waals surface area (Å²) in [5.74, 6) is 0.314. The number of ether oxygens (including phenoxy) is 3. The van der Waals surface area contributed by atoms with Crippen LogP contribution in [-0.2, 0) is 18.6 Å². The molecule has 2 aliphatic heterocycles. The van der Waals surface area contributed by atoms with Gasteiger partial charge in [0.1, 0.15) is 24.6 Å². The largest absolute Gasteiger partial charge is 0.414 e. The van der Waals surface area contributed by atoms with E-state index in [1.165, 1.54) is 6.33 Å². The van der Waals surface area contributed by atoms with Gasteiger partial charge in [-0.1, -0.05) is 57.2 Å². The molecule has 0 spiro atoms. The van der Waals surface area contributed by atoms with Crippen LogP contribution in [-0.4, -0.2) is 71.6 Å². The minimum absolute atomic E-state index is 0.0589. The highest BCUT2D eigenvalue weighted by atomic mass is 28.4. The predicted octanol–water partition coefficient (Wildman–Crippen LogP) is 4.71. The van der Waals surface area contributed by atoms with Crippen molar-refractivity contribution in [3.63, 3.8) is 0 Å². The average molecular weight is 567 g/mol. The molecule has 2 aliphatic rings. The summed E-state index contributed by atoms with van der Waals surface area (Å²) in [6, 6.07) is 9.65. The summed E-state index contributed by atoms with van der Waals surface area (Å²) in [5.41, 5.74) is 2.03. The second-order valence-electron chi connectivity index (χ2n) is 11.5. The molecule has 2 aromatic heterocycles. The number of anilines is 1. The van der Waals surface area contributed by atoms with Gasteiger partial charge in [-0.05, 0) is 36.7 Å². The number of hydrogen-bond acceptors (Lipinski definition) is 8. The summed E-state index contributed by atoms with van der Waals surface area (Å²) >= 11 is 0. The number of imidazole rings is 1. The Morgan fingerprint density at radius 2 is 1.85 bits per heavy atom. The Kier molecular flexibility index (Phi) is 8.07. The molecule has 2 fully saturated rings. The molecule has 1 unspecified atom stereocenters. The molecule has 1 aromatic carbocycles. The molecule has 4 heterocycles. The van der Waals surface area contributed by atoms with Crippen molar-refractivity contribution in [2.24, 2.45) is 0 Å². The molecule has 0 aliphatic carbocycles. The summed E-state index contributed by atoms with van der Waals surface area (Å²) in [6.07, 6.45) is 4.69. The highest BCUT2D eigenvalue weighted by Crippen LogP contribution is 2.43. The van der Waals surface area contributed by atoms with Gasteiger partial charge in [-0.15, -0.1) is 0 Å². The smallest absolute Gasteiger partial charge is 0.320 e. The van der Waals surface area contributed by atoms with Crippen LogP contribution in [0.1, 0.15) is 39.5 Å². The maximum Gasteiger partial charge on any atom is 0.320 e. The molecule has 214 valence electrons. The zero-order chi connectivity index (χ0) is 28.5. The molecule has 2 saturated heterocycles. The van der Waals surface area contributed by atoms with Gasteiger partial charge >= 0.3 is 6.03 Å². The van der Waals surface area contributed by atoms with E-state index >= 15 is 0 Å².